The van der Waals surface area contributed by atoms with Gasteiger partial charge in [-0.2, -0.15) is 0 Å². The number of carbonyl (C=O) groups is 1. The van der Waals surface area contributed by atoms with Crippen molar-refractivity contribution >= 4 is 23.3 Å². The lowest BCUT2D eigenvalue weighted by Crippen LogP contribution is -2.25. The van der Waals surface area contributed by atoms with E-state index in [0.29, 0.717) is 0 Å². The molecule has 0 spiro atoms. The lowest BCUT2D eigenvalue weighted by molar-refractivity contribution is -0.137. The maximum absolute atomic E-state index is 10.8. The number of hydrogen-bond donors (Lipinski definition) is 1. The number of ether oxygens (including phenoxy) is 1. The van der Waals surface area contributed by atoms with Crippen molar-refractivity contribution in [2.75, 3.05) is 18.1 Å². The van der Waals surface area contributed by atoms with Gasteiger partial charge in [0, 0.05) is 12.2 Å². The van der Waals surface area contributed by atoms with E-state index in [1.807, 2.05) is 19.1 Å². The smallest absolute Gasteiger partial charge is 0.306 e. The summed E-state index contributed by atoms with van der Waals surface area (Å²) in [7, 11) is 0. The van der Waals surface area contributed by atoms with Crippen LogP contribution in [0.3, 0.4) is 0 Å². The first kappa shape index (κ1) is 23.5. The molecule has 1 aliphatic rings. The number of nitrogens with zero attached hydrogens (tertiary/aromatic N) is 1. The number of aryl methyl sites for hydroxylation is 2. The number of anilines is 1. The molecule has 1 fully saturated rings. The van der Waals surface area contributed by atoms with E-state index in [4.69, 9.17) is 21.4 Å². The number of aliphatic carboxylic acids is 1. The van der Waals surface area contributed by atoms with E-state index in [-0.39, 0.29) is 24.4 Å². The van der Waals surface area contributed by atoms with Crippen LogP contribution in [0.1, 0.15) is 68.2 Å². The number of carboxylic acid groups (broad SMARTS) is 1. The fraction of sp³-hybridized carbons (Fsp3) is 0.500. The van der Waals surface area contributed by atoms with Crippen LogP contribution in [0.5, 0.6) is 5.75 Å². The number of hydrogen-bond acceptors (Lipinski definition) is 3. The molecule has 0 radical (unpaired) electrons. The minimum absolute atomic E-state index is 0.0118. The summed E-state index contributed by atoms with van der Waals surface area (Å²) in [6, 6.07) is 15.2. The number of alkyl halides is 1. The molecular weight excluding hydrogens is 410 g/mol. The highest BCUT2D eigenvalue weighted by Gasteiger charge is 2.34. The maximum Gasteiger partial charge on any atom is 0.306 e. The largest absolute Gasteiger partial charge is 0.493 e. The fourth-order valence-corrected chi connectivity index (χ4v) is 4.63. The zero-order valence-electron chi connectivity index (χ0n) is 18.6. The molecule has 2 atom stereocenters. The van der Waals surface area contributed by atoms with Crippen LogP contribution < -0.4 is 9.64 Å². The monoisotopic (exact) mass is 443 g/mol. The van der Waals surface area contributed by atoms with E-state index in [9.17, 15) is 4.79 Å². The van der Waals surface area contributed by atoms with Crippen LogP contribution in [0.2, 0.25) is 0 Å². The highest BCUT2D eigenvalue weighted by atomic mass is 35.5. The first-order chi connectivity index (χ1) is 15.0. The van der Waals surface area contributed by atoms with Gasteiger partial charge < -0.3 is 14.7 Å². The van der Waals surface area contributed by atoms with Gasteiger partial charge in [-0.05, 0) is 61.1 Å². The van der Waals surface area contributed by atoms with Crippen LogP contribution >= 0.6 is 11.6 Å². The lowest BCUT2D eigenvalue weighted by atomic mass is 10.0. The van der Waals surface area contributed by atoms with Gasteiger partial charge in [0.1, 0.15) is 5.75 Å². The standard InChI is InChI=1S/C26H34ClNO3/c1-3-4-5-6-7-20-9-12-22(13-10-20)28-16-14-23(27)26(28)21-11-8-19(2)24(18-21)31-17-15-25(29)30/h8-13,18,23,26H,3-7,14-17H2,1-2H3,(H,29,30). The third kappa shape index (κ3) is 6.39. The van der Waals surface area contributed by atoms with Gasteiger partial charge in [0.05, 0.1) is 24.4 Å². The van der Waals surface area contributed by atoms with Crippen LogP contribution in [-0.2, 0) is 11.2 Å². The Labute approximate surface area is 191 Å². The lowest BCUT2D eigenvalue weighted by Gasteiger charge is -2.29. The Morgan fingerprint density at radius 2 is 1.94 bits per heavy atom. The van der Waals surface area contributed by atoms with E-state index >= 15 is 0 Å². The molecule has 0 aliphatic carbocycles. The third-order valence-corrected chi connectivity index (χ3v) is 6.50. The summed E-state index contributed by atoms with van der Waals surface area (Å²) in [6.45, 7) is 5.30. The topological polar surface area (TPSA) is 49.8 Å². The zero-order chi connectivity index (χ0) is 22.2. The van der Waals surface area contributed by atoms with Gasteiger partial charge in [0.15, 0.2) is 0 Å². The van der Waals surface area contributed by atoms with Crippen molar-refractivity contribution in [2.45, 2.75) is 70.2 Å². The van der Waals surface area contributed by atoms with Crippen LogP contribution in [0.4, 0.5) is 5.69 Å². The number of unbranched alkanes of at least 4 members (excludes halogenated alkanes) is 3. The van der Waals surface area contributed by atoms with Crippen molar-refractivity contribution in [3.8, 4) is 5.75 Å². The van der Waals surface area contributed by atoms with Gasteiger partial charge in [-0.15, -0.1) is 11.6 Å². The van der Waals surface area contributed by atoms with E-state index in [1.54, 1.807) is 0 Å². The number of carboxylic acids is 1. The molecule has 31 heavy (non-hydrogen) atoms. The third-order valence-electron chi connectivity index (χ3n) is 6.04. The van der Waals surface area contributed by atoms with Crippen molar-refractivity contribution in [3.63, 3.8) is 0 Å². The molecule has 0 aromatic heterocycles. The Balaban J connectivity index is 1.72. The average molecular weight is 444 g/mol. The summed E-state index contributed by atoms with van der Waals surface area (Å²) >= 11 is 6.76. The summed E-state index contributed by atoms with van der Waals surface area (Å²) in [5.41, 5.74) is 4.69. The van der Waals surface area contributed by atoms with E-state index in [1.165, 1.54) is 36.9 Å². The number of halogens is 1. The second kappa shape index (κ2) is 11.4. The van der Waals surface area contributed by atoms with Crippen molar-refractivity contribution in [1.29, 1.82) is 0 Å². The minimum Gasteiger partial charge on any atom is -0.493 e. The molecule has 0 saturated carbocycles. The molecule has 1 N–H and O–H groups in total. The molecule has 5 heteroatoms. The summed E-state index contributed by atoms with van der Waals surface area (Å²) in [5.74, 6) is -0.123. The van der Waals surface area contributed by atoms with E-state index in [0.717, 1.165) is 36.3 Å². The molecule has 1 heterocycles. The number of rotatable bonds is 11. The Morgan fingerprint density at radius 1 is 1.16 bits per heavy atom. The fourth-order valence-electron chi connectivity index (χ4n) is 4.25. The zero-order valence-corrected chi connectivity index (χ0v) is 19.4. The molecular formula is C26H34ClNO3. The van der Waals surface area contributed by atoms with Crippen LogP contribution in [0, 0.1) is 6.92 Å². The first-order valence-corrected chi connectivity index (χ1v) is 11.9. The SMILES string of the molecule is CCCCCCc1ccc(N2CCC(Cl)C2c2ccc(C)c(OCCC(=O)O)c2)cc1. The van der Waals surface area contributed by atoms with E-state index < -0.39 is 5.97 Å². The van der Waals surface area contributed by atoms with Gasteiger partial charge in [0.2, 0.25) is 0 Å². The van der Waals surface area contributed by atoms with Gasteiger partial charge in [-0.1, -0.05) is 50.5 Å². The van der Waals surface area contributed by atoms with Crippen molar-refractivity contribution < 1.29 is 14.6 Å². The molecule has 168 valence electrons. The molecule has 2 unspecified atom stereocenters. The average Bonchev–Trinajstić information content (AvgIpc) is 3.14. The van der Waals surface area contributed by atoms with Crippen molar-refractivity contribution in [2.24, 2.45) is 0 Å². The Kier molecular flexibility index (Phi) is 8.65. The summed E-state index contributed by atoms with van der Waals surface area (Å²) in [5, 5.41) is 8.89. The van der Waals surface area contributed by atoms with Gasteiger partial charge in [-0.25, -0.2) is 0 Å². The summed E-state index contributed by atoms with van der Waals surface area (Å²) in [6.07, 6.45) is 7.17. The molecule has 2 aromatic carbocycles. The summed E-state index contributed by atoms with van der Waals surface area (Å²) in [4.78, 5) is 13.2. The molecule has 0 bridgehead atoms. The Morgan fingerprint density at radius 3 is 2.65 bits per heavy atom. The highest BCUT2D eigenvalue weighted by Crippen LogP contribution is 2.40. The summed E-state index contributed by atoms with van der Waals surface area (Å²) < 4.78 is 5.75. The minimum atomic E-state index is -0.856. The molecule has 1 aliphatic heterocycles. The second-order valence-electron chi connectivity index (χ2n) is 8.44. The second-order valence-corrected chi connectivity index (χ2v) is 9.00. The molecule has 4 nitrogen and oxygen atoms in total. The first-order valence-electron chi connectivity index (χ1n) is 11.4. The molecule has 3 rings (SSSR count). The van der Waals surface area contributed by atoms with Crippen molar-refractivity contribution in [1.82, 2.24) is 0 Å². The van der Waals surface area contributed by atoms with E-state index in [2.05, 4.69) is 42.2 Å². The van der Waals surface area contributed by atoms with Gasteiger partial charge in [-0.3, -0.25) is 4.79 Å². The van der Waals surface area contributed by atoms with Crippen LogP contribution in [0.15, 0.2) is 42.5 Å². The molecule has 0 amide bonds. The molecule has 1 saturated heterocycles. The Bertz CT molecular complexity index is 852. The van der Waals surface area contributed by atoms with Crippen molar-refractivity contribution in [3.05, 3.63) is 59.2 Å². The van der Waals surface area contributed by atoms with Gasteiger partial charge in [0.25, 0.3) is 0 Å². The highest BCUT2D eigenvalue weighted by molar-refractivity contribution is 6.21. The van der Waals surface area contributed by atoms with Crippen LogP contribution in [0.25, 0.3) is 0 Å². The van der Waals surface area contributed by atoms with Gasteiger partial charge >= 0.3 is 5.97 Å². The quantitative estimate of drug-likeness (QED) is 0.317. The van der Waals surface area contributed by atoms with Crippen LogP contribution in [-0.4, -0.2) is 29.6 Å². The predicted molar refractivity (Wildman–Crippen MR) is 128 cm³/mol. The maximum atomic E-state index is 10.8. The molecule has 2 aromatic rings. The normalized spacial score (nSPS) is 18.4. The Hall–Kier alpha value is -2.20. The number of benzene rings is 2. The predicted octanol–water partition coefficient (Wildman–Crippen LogP) is 6.53.